The lowest BCUT2D eigenvalue weighted by Crippen LogP contribution is -2.42. The SMILES string of the molecule is Cc1ccc(-n2nc(C)c3c(C)c(CCC(=O)N4CC(C)CC(C)C4)c(C)nc32)cc1. The van der Waals surface area contributed by atoms with Crippen LogP contribution in [0.1, 0.15) is 54.8 Å². The molecule has 164 valence electrons. The highest BCUT2D eigenvalue weighted by molar-refractivity contribution is 5.85. The second kappa shape index (κ2) is 8.45. The molecule has 2 aromatic heterocycles. The van der Waals surface area contributed by atoms with Crippen LogP contribution in [0.5, 0.6) is 0 Å². The Labute approximate surface area is 185 Å². The molecule has 5 heteroatoms. The van der Waals surface area contributed by atoms with E-state index in [-0.39, 0.29) is 5.91 Å². The largest absolute Gasteiger partial charge is 0.342 e. The average molecular weight is 419 g/mol. The predicted octanol–water partition coefficient (Wildman–Crippen LogP) is 5.09. The minimum absolute atomic E-state index is 0.268. The Bertz CT molecular complexity index is 1100. The standard InChI is InChI=1S/C26H34N4O/c1-16-7-9-22(10-8-16)30-26-25(21(6)28-30)19(4)23(20(5)27-26)11-12-24(31)29-14-17(2)13-18(3)15-29/h7-10,17-18H,11-15H2,1-6H3. The van der Waals surface area contributed by atoms with Gasteiger partial charge in [0.1, 0.15) is 0 Å². The van der Waals surface area contributed by atoms with Gasteiger partial charge in [-0.3, -0.25) is 4.79 Å². The number of hydrogen-bond donors (Lipinski definition) is 0. The van der Waals surface area contributed by atoms with Crippen molar-refractivity contribution in [2.24, 2.45) is 11.8 Å². The third-order valence-corrected chi connectivity index (χ3v) is 6.66. The number of aryl methyl sites for hydroxylation is 4. The van der Waals surface area contributed by atoms with Gasteiger partial charge >= 0.3 is 0 Å². The van der Waals surface area contributed by atoms with Crippen molar-refractivity contribution < 1.29 is 4.79 Å². The summed E-state index contributed by atoms with van der Waals surface area (Å²) in [6.07, 6.45) is 2.49. The lowest BCUT2D eigenvalue weighted by atomic mass is 9.91. The lowest BCUT2D eigenvalue weighted by Gasteiger charge is -2.35. The lowest BCUT2D eigenvalue weighted by molar-refractivity contribution is -0.133. The fraction of sp³-hybridized carbons (Fsp3) is 0.500. The molecule has 0 spiro atoms. The molecule has 3 aromatic rings. The maximum Gasteiger partial charge on any atom is 0.222 e. The minimum Gasteiger partial charge on any atom is -0.342 e. The van der Waals surface area contributed by atoms with E-state index in [0.29, 0.717) is 18.3 Å². The molecule has 1 fully saturated rings. The number of aromatic nitrogens is 3. The maximum atomic E-state index is 12.9. The van der Waals surface area contributed by atoms with E-state index in [2.05, 4.69) is 63.8 Å². The van der Waals surface area contributed by atoms with E-state index in [0.717, 1.165) is 47.6 Å². The highest BCUT2D eigenvalue weighted by Crippen LogP contribution is 2.29. The highest BCUT2D eigenvalue weighted by Gasteiger charge is 2.25. The van der Waals surface area contributed by atoms with E-state index in [1.54, 1.807) is 0 Å². The van der Waals surface area contributed by atoms with Crippen molar-refractivity contribution in [2.45, 2.75) is 60.8 Å². The number of hydrogen-bond acceptors (Lipinski definition) is 3. The van der Waals surface area contributed by atoms with Gasteiger partial charge in [-0.25, -0.2) is 9.67 Å². The third-order valence-electron chi connectivity index (χ3n) is 6.66. The van der Waals surface area contributed by atoms with Gasteiger partial charge in [0, 0.05) is 30.6 Å². The number of nitrogens with zero attached hydrogens (tertiary/aromatic N) is 4. The van der Waals surface area contributed by atoms with E-state index in [4.69, 9.17) is 10.1 Å². The molecule has 0 aliphatic carbocycles. The maximum absolute atomic E-state index is 12.9. The molecule has 31 heavy (non-hydrogen) atoms. The summed E-state index contributed by atoms with van der Waals surface area (Å²) < 4.78 is 1.94. The molecule has 1 aliphatic heterocycles. The molecule has 1 aliphatic rings. The molecule has 1 amide bonds. The number of rotatable bonds is 4. The van der Waals surface area contributed by atoms with Crippen LogP contribution in [0.3, 0.4) is 0 Å². The number of likely N-dealkylation sites (tertiary alicyclic amines) is 1. The summed E-state index contributed by atoms with van der Waals surface area (Å²) in [6, 6.07) is 8.36. The molecule has 0 bridgehead atoms. The van der Waals surface area contributed by atoms with Crippen LogP contribution in [0.15, 0.2) is 24.3 Å². The van der Waals surface area contributed by atoms with Crippen LogP contribution in [0.2, 0.25) is 0 Å². The van der Waals surface area contributed by atoms with Crippen molar-refractivity contribution in [2.75, 3.05) is 13.1 Å². The van der Waals surface area contributed by atoms with E-state index in [9.17, 15) is 4.79 Å². The zero-order valence-electron chi connectivity index (χ0n) is 19.7. The summed E-state index contributed by atoms with van der Waals surface area (Å²) in [7, 11) is 0. The highest BCUT2D eigenvalue weighted by atomic mass is 16.2. The Hall–Kier alpha value is -2.69. The van der Waals surface area contributed by atoms with Gasteiger partial charge < -0.3 is 4.90 Å². The topological polar surface area (TPSA) is 51.0 Å². The normalized spacial score (nSPS) is 19.2. The number of carbonyl (C=O) groups is 1. The molecule has 2 atom stereocenters. The summed E-state index contributed by atoms with van der Waals surface area (Å²) in [5.74, 6) is 1.44. The van der Waals surface area contributed by atoms with Crippen molar-refractivity contribution in [3.8, 4) is 5.69 Å². The fourth-order valence-corrected chi connectivity index (χ4v) is 5.20. The van der Waals surface area contributed by atoms with Crippen molar-refractivity contribution in [1.82, 2.24) is 19.7 Å². The molecule has 3 heterocycles. The number of benzene rings is 1. The fourth-order valence-electron chi connectivity index (χ4n) is 5.20. The smallest absolute Gasteiger partial charge is 0.222 e. The van der Waals surface area contributed by atoms with Crippen LogP contribution in [0.4, 0.5) is 0 Å². The molecule has 0 saturated carbocycles. The molecular formula is C26H34N4O. The predicted molar refractivity (Wildman–Crippen MR) is 126 cm³/mol. The van der Waals surface area contributed by atoms with E-state index in [1.165, 1.54) is 23.1 Å². The van der Waals surface area contributed by atoms with Crippen LogP contribution in [-0.4, -0.2) is 38.7 Å². The first kappa shape index (κ1) is 21.5. The van der Waals surface area contributed by atoms with Gasteiger partial charge in [-0.05, 0) is 75.6 Å². The Morgan fingerprint density at radius 2 is 1.65 bits per heavy atom. The number of carbonyl (C=O) groups excluding carboxylic acids is 1. The molecule has 1 saturated heterocycles. The Kier molecular flexibility index (Phi) is 5.87. The summed E-state index contributed by atoms with van der Waals surface area (Å²) in [5.41, 5.74) is 7.49. The summed E-state index contributed by atoms with van der Waals surface area (Å²) in [6.45, 7) is 14.6. The van der Waals surface area contributed by atoms with Crippen LogP contribution >= 0.6 is 0 Å². The summed E-state index contributed by atoms with van der Waals surface area (Å²) in [5, 5.41) is 5.90. The zero-order valence-corrected chi connectivity index (χ0v) is 19.7. The second-order valence-electron chi connectivity index (χ2n) is 9.58. The van der Waals surface area contributed by atoms with Crippen molar-refractivity contribution in [1.29, 1.82) is 0 Å². The van der Waals surface area contributed by atoms with E-state index >= 15 is 0 Å². The Balaban J connectivity index is 1.61. The van der Waals surface area contributed by atoms with Gasteiger partial charge in [0.05, 0.1) is 11.4 Å². The monoisotopic (exact) mass is 418 g/mol. The van der Waals surface area contributed by atoms with Crippen LogP contribution in [-0.2, 0) is 11.2 Å². The quantitative estimate of drug-likeness (QED) is 0.593. The van der Waals surface area contributed by atoms with Crippen LogP contribution < -0.4 is 0 Å². The van der Waals surface area contributed by atoms with Crippen molar-refractivity contribution in [3.05, 3.63) is 52.3 Å². The van der Waals surface area contributed by atoms with Gasteiger partial charge in [0.25, 0.3) is 0 Å². The molecule has 0 N–H and O–H groups in total. The first-order valence-electron chi connectivity index (χ1n) is 11.4. The van der Waals surface area contributed by atoms with Crippen molar-refractivity contribution >= 4 is 16.9 Å². The van der Waals surface area contributed by atoms with Gasteiger partial charge in [-0.15, -0.1) is 0 Å². The molecule has 1 aromatic carbocycles. The first-order valence-corrected chi connectivity index (χ1v) is 11.4. The summed E-state index contributed by atoms with van der Waals surface area (Å²) >= 11 is 0. The van der Waals surface area contributed by atoms with E-state index in [1.807, 2.05) is 11.6 Å². The first-order chi connectivity index (χ1) is 14.7. The molecule has 5 nitrogen and oxygen atoms in total. The number of piperidine rings is 1. The molecule has 0 radical (unpaired) electrons. The van der Waals surface area contributed by atoms with Crippen molar-refractivity contribution in [3.63, 3.8) is 0 Å². The Morgan fingerprint density at radius 1 is 1.00 bits per heavy atom. The van der Waals surface area contributed by atoms with Gasteiger partial charge in [-0.1, -0.05) is 31.5 Å². The van der Waals surface area contributed by atoms with Crippen LogP contribution in [0, 0.1) is 39.5 Å². The van der Waals surface area contributed by atoms with Gasteiger partial charge in [0.15, 0.2) is 5.65 Å². The molecule has 4 rings (SSSR count). The zero-order chi connectivity index (χ0) is 22.3. The van der Waals surface area contributed by atoms with Gasteiger partial charge in [0.2, 0.25) is 5.91 Å². The number of fused-ring (bicyclic) bond motifs is 1. The van der Waals surface area contributed by atoms with Crippen LogP contribution in [0.25, 0.3) is 16.7 Å². The molecular weight excluding hydrogens is 384 g/mol. The minimum atomic E-state index is 0.268. The third kappa shape index (κ3) is 4.23. The molecule has 2 unspecified atom stereocenters. The second-order valence-corrected chi connectivity index (χ2v) is 9.58. The van der Waals surface area contributed by atoms with Gasteiger partial charge in [-0.2, -0.15) is 5.10 Å². The average Bonchev–Trinajstić information content (AvgIpc) is 3.03. The number of amides is 1. The van der Waals surface area contributed by atoms with E-state index < -0.39 is 0 Å². The Morgan fingerprint density at radius 3 is 2.29 bits per heavy atom. The number of pyridine rings is 1. The summed E-state index contributed by atoms with van der Waals surface area (Å²) in [4.78, 5) is 19.9.